The summed E-state index contributed by atoms with van der Waals surface area (Å²) in [4.78, 5) is 15.3. The lowest BCUT2D eigenvalue weighted by molar-refractivity contribution is -0.383. The third-order valence-corrected chi connectivity index (χ3v) is 4.92. The molecule has 0 spiro atoms. The van der Waals surface area contributed by atoms with Gasteiger partial charge in [-0.05, 0) is 49.7 Å². The number of fused-ring (bicyclic) bond motifs is 3. The molecule has 4 nitrogen and oxygen atoms in total. The highest BCUT2D eigenvalue weighted by Crippen LogP contribution is 2.48. The smallest absolute Gasteiger partial charge is 0.258 e. The number of nitrogens with zero attached hydrogens (tertiary/aromatic N) is 2. The molecule has 0 saturated heterocycles. The number of non-ortho nitro benzene ring substituents is 1. The van der Waals surface area contributed by atoms with Crippen molar-refractivity contribution in [3.8, 4) is 0 Å². The van der Waals surface area contributed by atoms with Crippen LogP contribution in [0.1, 0.15) is 31.4 Å². The van der Waals surface area contributed by atoms with Gasteiger partial charge in [0, 0.05) is 17.6 Å². The molecule has 4 rings (SSSR count). The Hall–Kier alpha value is -2.23. The first kappa shape index (κ1) is 12.5. The van der Waals surface area contributed by atoms with Crippen LogP contribution in [0.3, 0.4) is 0 Å². The summed E-state index contributed by atoms with van der Waals surface area (Å²) >= 11 is 0. The normalized spacial score (nSPS) is 25.8. The van der Waals surface area contributed by atoms with Crippen LogP contribution in [0.4, 0.5) is 5.69 Å². The Morgan fingerprint density at radius 2 is 2.14 bits per heavy atom. The summed E-state index contributed by atoms with van der Waals surface area (Å²) < 4.78 is 0. The fraction of sp³-hybridized carbons (Fsp3) is 0.353. The van der Waals surface area contributed by atoms with Crippen LogP contribution < -0.4 is 0 Å². The third-order valence-electron chi connectivity index (χ3n) is 4.92. The number of nitro groups is 1. The molecule has 0 aliphatic heterocycles. The average molecular weight is 280 g/mol. The molecule has 2 aliphatic carbocycles. The quantitative estimate of drug-likeness (QED) is 0.607. The Balaban J connectivity index is 1.85. The second-order valence-electron chi connectivity index (χ2n) is 6.12. The van der Waals surface area contributed by atoms with Crippen LogP contribution in [0.5, 0.6) is 0 Å². The van der Waals surface area contributed by atoms with E-state index in [-0.39, 0.29) is 10.6 Å². The fourth-order valence-corrected chi connectivity index (χ4v) is 3.94. The molecule has 0 unspecified atom stereocenters. The lowest BCUT2D eigenvalue weighted by Gasteiger charge is -2.13. The molecule has 0 N–H and O–H groups in total. The monoisotopic (exact) mass is 280 g/mol. The molecule has 2 fully saturated rings. The highest BCUT2D eigenvalue weighted by Gasteiger charge is 2.35. The molecule has 1 heterocycles. The Morgan fingerprint density at radius 1 is 1.24 bits per heavy atom. The van der Waals surface area contributed by atoms with Crippen LogP contribution in [0.25, 0.3) is 16.8 Å². The van der Waals surface area contributed by atoms with E-state index < -0.39 is 0 Å². The van der Waals surface area contributed by atoms with Crippen LogP contribution in [-0.2, 0) is 0 Å². The van der Waals surface area contributed by atoms with E-state index in [1.165, 1.54) is 31.3 Å². The predicted molar refractivity (Wildman–Crippen MR) is 81.8 cm³/mol. The van der Waals surface area contributed by atoms with E-state index in [4.69, 9.17) is 0 Å². The van der Waals surface area contributed by atoms with Gasteiger partial charge >= 0.3 is 0 Å². The molecule has 106 valence electrons. The second kappa shape index (κ2) is 4.65. The Morgan fingerprint density at radius 3 is 2.86 bits per heavy atom. The topological polar surface area (TPSA) is 56.0 Å². The first-order valence-corrected chi connectivity index (χ1v) is 7.45. The van der Waals surface area contributed by atoms with Gasteiger partial charge in [0.15, 0.2) is 0 Å². The minimum absolute atomic E-state index is 0.155. The van der Waals surface area contributed by atoms with E-state index in [2.05, 4.69) is 11.1 Å². The molecule has 2 aromatic rings. The standard InChI is InChI=1S/C17H16N2O2/c20-19(21)17-3-1-2-14-15(17)6-7-18-16(14)10-13-9-11-4-5-12(13)8-11/h1-3,6-7,10-12H,4-5,8-9H2/b13-10+/t11-,12+/m1/s1. The molecule has 0 amide bonds. The zero-order chi connectivity index (χ0) is 14.4. The number of pyridine rings is 1. The van der Waals surface area contributed by atoms with Gasteiger partial charge < -0.3 is 0 Å². The summed E-state index contributed by atoms with van der Waals surface area (Å²) in [7, 11) is 0. The zero-order valence-corrected chi connectivity index (χ0v) is 11.7. The van der Waals surface area contributed by atoms with E-state index in [0.717, 1.165) is 17.0 Å². The molecule has 4 heteroatoms. The summed E-state index contributed by atoms with van der Waals surface area (Å²) in [5.74, 6) is 1.57. The first-order chi connectivity index (χ1) is 10.2. The summed E-state index contributed by atoms with van der Waals surface area (Å²) in [5.41, 5.74) is 2.51. The summed E-state index contributed by atoms with van der Waals surface area (Å²) in [6.07, 6.45) is 9.00. The second-order valence-corrected chi connectivity index (χ2v) is 6.12. The third kappa shape index (κ3) is 2.02. The van der Waals surface area contributed by atoms with E-state index in [0.29, 0.717) is 11.3 Å². The van der Waals surface area contributed by atoms with Crippen molar-refractivity contribution in [2.75, 3.05) is 0 Å². The van der Waals surface area contributed by atoms with Gasteiger partial charge in [-0.2, -0.15) is 0 Å². The highest BCUT2D eigenvalue weighted by molar-refractivity contribution is 5.95. The molecular weight excluding hydrogens is 264 g/mol. The number of nitro benzene ring substituents is 1. The van der Waals surface area contributed by atoms with Crippen LogP contribution >= 0.6 is 0 Å². The highest BCUT2D eigenvalue weighted by atomic mass is 16.6. The Kier molecular flexibility index (Phi) is 2.77. The number of allylic oxidation sites excluding steroid dienone is 1. The molecule has 2 bridgehead atoms. The summed E-state index contributed by atoms with van der Waals surface area (Å²) in [5, 5.41) is 12.7. The minimum atomic E-state index is -0.323. The number of hydrogen-bond donors (Lipinski definition) is 0. The van der Waals surface area contributed by atoms with Crippen molar-refractivity contribution in [3.63, 3.8) is 0 Å². The van der Waals surface area contributed by atoms with Gasteiger partial charge in [0.05, 0.1) is 16.0 Å². The van der Waals surface area contributed by atoms with Gasteiger partial charge in [0.1, 0.15) is 0 Å². The number of hydrogen-bond acceptors (Lipinski definition) is 3. The van der Waals surface area contributed by atoms with Crippen LogP contribution in [0.15, 0.2) is 36.0 Å². The minimum Gasteiger partial charge on any atom is -0.258 e. The van der Waals surface area contributed by atoms with E-state index in [1.807, 2.05) is 6.07 Å². The number of rotatable bonds is 2. The zero-order valence-electron chi connectivity index (χ0n) is 11.7. The molecular formula is C17H16N2O2. The van der Waals surface area contributed by atoms with Crippen molar-refractivity contribution < 1.29 is 4.92 Å². The molecule has 2 saturated carbocycles. The molecule has 2 aliphatic rings. The fourth-order valence-electron chi connectivity index (χ4n) is 3.94. The van der Waals surface area contributed by atoms with Crippen LogP contribution in [0.2, 0.25) is 0 Å². The van der Waals surface area contributed by atoms with Crippen LogP contribution in [-0.4, -0.2) is 9.91 Å². The van der Waals surface area contributed by atoms with Gasteiger partial charge in [-0.15, -0.1) is 0 Å². The van der Waals surface area contributed by atoms with Crippen LogP contribution in [0, 0.1) is 22.0 Å². The largest absolute Gasteiger partial charge is 0.277 e. The SMILES string of the molecule is O=[N+]([O-])c1cccc2c(/C=C3\C[C@@H]4CC[C@H]3C4)nccc12. The van der Waals surface area contributed by atoms with Crippen molar-refractivity contribution >= 4 is 22.5 Å². The van der Waals surface area contributed by atoms with Crippen molar-refractivity contribution in [2.45, 2.75) is 25.7 Å². The van der Waals surface area contributed by atoms with Crippen molar-refractivity contribution in [1.29, 1.82) is 0 Å². The van der Waals surface area contributed by atoms with E-state index in [9.17, 15) is 10.1 Å². The van der Waals surface area contributed by atoms with Crippen molar-refractivity contribution in [2.24, 2.45) is 11.8 Å². The Labute approximate surface area is 122 Å². The van der Waals surface area contributed by atoms with E-state index in [1.54, 1.807) is 24.4 Å². The number of aromatic nitrogens is 1. The van der Waals surface area contributed by atoms with Gasteiger partial charge in [0.25, 0.3) is 5.69 Å². The summed E-state index contributed by atoms with van der Waals surface area (Å²) in [6, 6.07) is 6.95. The molecule has 21 heavy (non-hydrogen) atoms. The van der Waals surface area contributed by atoms with Crippen molar-refractivity contribution in [1.82, 2.24) is 4.98 Å². The van der Waals surface area contributed by atoms with Gasteiger partial charge in [0.2, 0.25) is 0 Å². The summed E-state index contributed by atoms with van der Waals surface area (Å²) in [6.45, 7) is 0. The lowest BCUT2D eigenvalue weighted by Crippen LogP contribution is -1.98. The maximum Gasteiger partial charge on any atom is 0.277 e. The number of benzene rings is 1. The average Bonchev–Trinajstić information content (AvgIpc) is 3.09. The maximum absolute atomic E-state index is 11.1. The molecule has 1 aromatic carbocycles. The van der Waals surface area contributed by atoms with Gasteiger partial charge in [-0.25, -0.2) is 0 Å². The van der Waals surface area contributed by atoms with Gasteiger partial charge in [-0.3, -0.25) is 15.1 Å². The molecule has 1 aromatic heterocycles. The molecule has 2 atom stereocenters. The molecule has 0 radical (unpaired) electrons. The lowest BCUT2D eigenvalue weighted by atomic mass is 9.93. The first-order valence-electron chi connectivity index (χ1n) is 7.45. The van der Waals surface area contributed by atoms with Gasteiger partial charge in [-0.1, -0.05) is 17.7 Å². The van der Waals surface area contributed by atoms with E-state index >= 15 is 0 Å². The Bertz CT molecular complexity index is 766. The van der Waals surface area contributed by atoms with Crippen molar-refractivity contribution in [3.05, 3.63) is 51.8 Å². The predicted octanol–water partition coefficient (Wildman–Crippen LogP) is 4.35. The maximum atomic E-state index is 11.1.